The summed E-state index contributed by atoms with van der Waals surface area (Å²) in [5, 5.41) is 33.0. The number of aliphatic hydroxyl groups excluding tert-OH is 1. The lowest BCUT2D eigenvalue weighted by Gasteiger charge is -2.15. The Morgan fingerprint density at radius 1 is 1.43 bits per heavy atom. The van der Waals surface area contributed by atoms with Gasteiger partial charge in [-0.25, -0.2) is 4.98 Å². The number of benzene rings is 1. The molecule has 0 amide bonds. The number of hydrogen-bond acceptors (Lipinski definition) is 6. The van der Waals surface area contributed by atoms with Crippen molar-refractivity contribution in [3.8, 4) is 6.07 Å². The summed E-state index contributed by atoms with van der Waals surface area (Å²) < 4.78 is 0. The van der Waals surface area contributed by atoms with Gasteiger partial charge in [0.05, 0.1) is 22.1 Å². The third kappa shape index (κ3) is 3.07. The number of fused-ring (bicyclic) bond motifs is 1. The number of hydrogen-bond donors (Lipinski definition) is 2. The first-order chi connectivity index (χ1) is 11.1. The minimum Gasteiger partial charge on any atom is -0.396 e. The highest BCUT2D eigenvalue weighted by Gasteiger charge is 2.41. The highest BCUT2D eigenvalue weighted by molar-refractivity contribution is 5.88. The SMILES string of the molecule is N#Cc1cc(NCC2(CCO)CC2)nc2ccc([N+](=O)[O-])cc12. The summed E-state index contributed by atoms with van der Waals surface area (Å²) in [6.45, 7) is 0.865. The molecule has 2 aromatic rings. The molecule has 23 heavy (non-hydrogen) atoms. The van der Waals surface area contributed by atoms with Crippen LogP contribution in [-0.2, 0) is 0 Å². The number of aliphatic hydroxyl groups is 1. The molecule has 1 heterocycles. The van der Waals surface area contributed by atoms with E-state index in [-0.39, 0.29) is 17.7 Å². The molecule has 1 fully saturated rings. The van der Waals surface area contributed by atoms with Crippen molar-refractivity contribution in [3.63, 3.8) is 0 Å². The summed E-state index contributed by atoms with van der Waals surface area (Å²) in [5.41, 5.74) is 0.974. The highest BCUT2D eigenvalue weighted by Crippen LogP contribution is 2.48. The first-order valence-electron chi connectivity index (χ1n) is 7.41. The van der Waals surface area contributed by atoms with Crippen molar-refractivity contribution in [2.75, 3.05) is 18.5 Å². The molecule has 7 nitrogen and oxygen atoms in total. The van der Waals surface area contributed by atoms with Crippen molar-refractivity contribution in [2.24, 2.45) is 5.41 Å². The Kier molecular flexibility index (Phi) is 3.84. The number of aromatic nitrogens is 1. The summed E-state index contributed by atoms with van der Waals surface area (Å²) in [4.78, 5) is 14.8. The van der Waals surface area contributed by atoms with Gasteiger partial charge < -0.3 is 10.4 Å². The van der Waals surface area contributed by atoms with Crippen LogP contribution in [0, 0.1) is 26.9 Å². The predicted molar refractivity (Wildman–Crippen MR) is 85.0 cm³/mol. The summed E-state index contributed by atoms with van der Waals surface area (Å²) >= 11 is 0. The second-order valence-electron chi connectivity index (χ2n) is 5.95. The number of nitriles is 1. The second kappa shape index (κ2) is 5.82. The third-order valence-electron chi connectivity index (χ3n) is 4.37. The van der Waals surface area contributed by atoms with Crippen molar-refractivity contribution >= 4 is 22.4 Å². The Morgan fingerprint density at radius 3 is 2.83 bits per heavy atom. The molecule has 2 N–H and O–H groups in total. The summed E-state index contributed by atoms with van der Waals surface area (Å²) in [6.07, 6.45) is 2.90. The van der Waals surface area contributed by atoms with Crippen LogP contribution in [0.4, 0.5) is 11.5 Å². The second-order valence-corrected chi connectivity index (χ2v) is 5.95. The molecule has 0 radical (unpaired) electrons. The molecule has 0 saturated heterocycles. The van der Waals surface area contributed by atoms with Crippen LogP contribution in [-0.4, -0.2) is 28.2 Å². The Balaban J connectivity index is 1.89. The Morgan fingerprint density at radius 2 is 2.22 bits per heavy atom. The molecular weight excluding hydrogens is 296 g/mol. The Hall–Kier alpha value is -2.72. The number of nitro benzene ring substituents is 1. The highest BCUT2D eigenvalue weighted by atomic mass is 16.6. The molecule has 3 rings (SSSR count). The lowest BCUT2D eigenvalue weighted by atomic mass is 10.0. The van der Waals surface area contributed by atoms with Crippen LogP contribution in [0.25, 0.3) is 10.9 Å². The zero-order chi connectivity index (χ0) is 16.4. The maximum absolute atomic E-state index is 10.9. The molecular formula is C16H16N4O3. The fourth-order valence-electron chi connectivity index (χ4n) is 2.72. The van der Waals surface area contributed by atoms with E-state index in [1.54, 1.807) is 12.1 Å². The van der Waals surface area contributed by atoms with Crippen molar-refractivity contribution in [1.29, 1.82) is 5.26 Å². The monoisotopic (exact) mass is 312 g/mol. The minimum atomic E-state index is -0.488. The van der Waals surface area contributed by atoms with E-state index in [2.05, 4.69) is 16.4 Å². The number of pyridine rings is 1. The molecule has 118 valence electrons. The normalized spacial score (nSPS) is 15.1. The van der Waals surface area contributed by atoms with E-state index < -0.39 is 4.92 Å². The molecule has 0 unspecified atom stereocenters. The van der Waals surface area contributed by atoms with Gasteiger partial charge in [-0.05, 0) is 36.8 Å². The third-order valence-corrected chi connectivity index (χ3v) is 4.37. The molecule has 1 aromatic heterocycles. The molecule has 7 heteroatoms. The Labute approximate surface area is 132 Å². The van der Waals surface area contributed by atoms with Gasteiger partial charge in [0.1, 0.15) is 5.82 Å². The van der Waals surface area contributed by atoms with Crippen LogP contribution in [0.15, 0.2) is 24.3 Å². The van der Waals surface area contributed by atoms with E-state index in [1.807, 2.05) is 0 Å². The zero-order valence-corrected chi connectivity index (χ0v) is 12.5. The number of nitro groups is 1. The molecule has 0 atom stereocenters. The smallest absolute Gasteiger partial charge is 0.270 e. The van der Waals surface area contributed by atoms with Crippen LogP contribution in [0.2, 0.25) is 0 Å². The number of anilines is 1. The molecule has 1 saturated carbocycles. The van der Waals surface area contributed by atoms with Gasteiger partial charge in [0.2, 0.25) is 0 Å². The van der Waals surface area contributed by atoms with Gasteiger partial charge in [0.15, 0.2) is 0 Å². The molecule has 1 aliphatic carbocycles. The standard InChI is InChI=1S/C16H16N4O3/c17-9-11-7-15(18-10-16(3-4-16)5-6-21)19-14-2-1-12(20(22)23)8-13(11)14/h1-2,7-8,21H,3-6,10H2,(H,18,19). The number of nitrogens with zero attached hydrogens (tertiary/aromatic N) is 3. The average Bonchev–Trinajstić information content (AvgIpc) is 3.32. The van der Waals surface area contributed by atoms with Gasteiger partial charge in [-0.1, -0.05) is 0 Å². The van der Waals surface area contributed by atoms with Gasteiger partial charge in [-0.2, -0.15) is 5.26 Å². The van der Waals surface area contributed by atoms with Crippen LogP contribution in [0.3, 0.4) is 0 Å². The summed E-state index contributed by atoms with van der Waals surface area (Å²) in [6, 6.07) is 8.00. The number of non-ortho nitro benzene ring substituents is 1. The maximum atomic E-state index is 10.9. The summed E-state index contributed by atoms with van der Waals surface area (Å²) in [7, 11) is 0. The van der Waals surface area contributed by atoms with E-state index in [4.69, 9.17) is 5.11 Å². The molecule has 0 bridgehead atoms. The maximum Gasteiger partial charge on any atom is 0.270 e. The van der Waals surface area contributed by atoms with Crippen LogP contribution in [0.5, 0.6) is 0 Å². The first-order valence-corrected chi connectivity index (χ1v) is 7.41. The first kappa shape index (κ1) is 15.2. The lowest BCUT2D eigenvalue weighted by molar-refractivity contribution is -0.384. The van der Waals surface area contributed by atoms with Crippen molar-refractivity contribution in [3.05, 3.63) is 39.9 Å². The average molecular weight is 312 g/mol. The quantitative estimate of drug-likeness (QED) is 0.626. The largest absolute Gasteiger partial charge is 0.396 e. The molecule has 1 aromatic carbocycles. The molecule has 0 aliphatic heterocycles. The predicted octanol–water partition coefficient (Wildman–Crippen LogP) is 2.59. The number of rotatable bonds is 6. The van der Waals surface area contributed by atoms with Crippen molar-refractivity contribution in [1.82, 2.24) is 4.98 Å². The van der Waals surface area contributed by atoms with Gasteiger partial charge in [0, 0.05) is 30.7 Å². The van der Waals surface area contributed by atoms with E-state index in [1.165, 1.54) is 12.1 Å². The Bertz CT molecular complexity index is 809. The van der Waals surface area contributed by atoms with E-state index >= 15 is 0 Å². The molecule has 0 spiro atoms. The zero-order valence-electron chi connectivity index (χ0n) is 12.5. The van der Waals surface area contributed by atoms with Gasteiger partial charge in [-0.15, -0.1) is 0 Å². The molecule has 1 aliphatic rings. The summed E-state index contributed by atoms with van der Waals surface area (Å²) in [5.74, 6) is 0.576. The van der Waals surface area contributed by atoms with E-state index in [0.717, 1.165) is 19.3 Å². The van der Waals surface area contributed by atoms with Crippen molar-refractivity contribution < 1.29 is 10.0 Å². The lowest BCUT2D eigenvalue weighted by Crippen LogP contribution is -2.17. The fourth-order valence-corrected chi connectivity index (χ4v) is 2.72. The minimum absolute atomic E-state index is 0.0589. The van der Waals surface area contributed by atoms with Crippen molar-refractivity contribution in [2.45, 2.75) is 19.3 Å². The van der Waals surface area contributed by atoms with E-state index in [0.29, 0.717) is 28.8 Å². The number of nitrogens with one attached hydrogen (secondary N) is 1. The van der Waals surface area contributed by atoms with Gasteiger partial charge >= 0.3 is 0 Å². The van der Waals surface area contributed by atoms with E-state index in [9.17, 15) is 15.4 Å². The van der Waals surface area contributed by atoms with Crippen LogP contribution in [0.1, 0.15) is 24.8 Å². The topological polar surface area (TPSA) is 112 Å². The van der Waals surface area contributed by atoms with Crippen LogP contribution >= 0.6 is 0 Å². The van der Waals surface area contributed by atoms with Crippen LogP contribution < -0.4 is 5.32 Å². The van der Waals surface area contributed by atoms with Gasteiger partial charge in [-0.3, -0.25) is 10.1 Å². The van der Waals surface area contributed by atoms with Gasteiger partial charge in [0.25, 0.3) is 5.69 Å². The fraction of sp³-hybridized carbons (Fsp3) is 0.375.